The van der Waals surface area contributed by atoms with Crippen molar-refractivity contribution in [2.24, 2.45) is 0 Å². The molecular weight excluding hydrogens is 196 g/mol. The lowest BCUT2D eigenvalue weighted by Gasteiger charge is -2.21. The fourth-order valence-electron chi connectivity index (χ4n) is 1.58. The number of fused-ring (bicyclic) bond motifs is 1. The van der Waals surface area contributed by atoms with Gasteiger partial charge in [0.25, 0.3) is 0 Å². The molecule has 0 radical (unpaired) electrons. The van der Waals surface area contributed by atoms with Crippen LogP contribution in [0.2, 0.25) is 0 Å². The standard InChI is InChI=1S/C11H12O4/c12-5-7-1-3-8(4-2-7)6-13-10-9-11(14-9)15-10/h1-4,9-12H,5-6H2. The van der Waals surface area contributed by atoms with E-state index in [0.29, 0.717) is 6.61 Å². The van der Waals surface area contributed by atoms with Crippen LogP contribution in [0.1, 0.15) is 11.1 Å². The first-order valence-electron chi connectivity index (χ1n) is 4.98. The van der Waals surface area contributed by atoms with Crippen molar-refractivity contribution in [1.29, 1.82) is 0 Å². The predicted molar refractivity (Wildman–Crippen MR) is 50.7 cm³/mol. The average Bonchev–Trinajstić information content (AvgIpc) is 2.91. The van der Waals surface area contributed by atoms with E-state index < -0.39 is 0 Å². The molecule has 3 rings (SSSR count). The van der Waals surface area contributed by atoms with Crippen LogP contribution in [0.3, 0.4) is 0 Å². The molecule has 2 fully saturated rings. The van der Waals surface area contributed by atoms with Gasteiger partial charge in [-0.3, -0.25) is 0 Å². The van der Waals surface area contributed by atoms with Crippen molar-refractivity contribution in [2.75, 3.05) is 0 Å². The molecule has 4 nitrogen and oxygen atoms in total. The molecule has 2 aliphatic rings. The molecule has 4 heteroatoms. The summed E-state index contributed by atoms with van der Waals surface area (Å²) in [6, 6.07) is 7.65. The molecule has 0 saturated carbocycles. The third-order valence-corrected chi connectivity index (χ3v) is 2.64. The monoisotopic (exact) mass is 208 g/mol. The van der Waals surface area contributed by atoms with Gasteiger partial charge in [0.2, 0.25) is 0 Å². The van der Waals surface area contributed by atoms with E-state index >= 15 is 0 Å². The van der Waals surface area contributed by atoms with Crippen LogP contribution < -0.4 is 0 Å². The van der Waals surface area contributed by atoms with E-state index in [1.807, 2.05) is 24.3 Å². The molecule has 3 unspecified atom stereocenters. The molecule has 2 aliphatic heterocycles. The Morgan fingerprint density at radius 1 is 1.13 bits per heavy atom. The third kappa shape index (κ3) is 1.77. The molecule has 0 amide bonds. The van der Waals surface area contributed by atoms with Gasteiger partial charge in [0.15, 0.2) is 18.7 Å². The van der Waals surface area contributed by atoms with E-state index in [1.165, 1.54) is 0 Å². The van der Waals surface area contributed by atoms with E-state index in [1.54, 1.807) is 0 Å². The molecule has 80 valence electrons. The van der Waals surface area contributed by atoms with Gasteiger partial charge < -0.3 is 19.3 Å². The first-order chi connectivity index (χ1) is 7.36. The summed E-state index contributed by atoms with van der Waals surface area (Å²) in [6.45, 7) is 0.591. The Hall–Kier alpha value is -0.940. The number of ether oxygens (including phenoxy) is 3. The Kier molecular flexibility index (Phi) is 2.21. The summed E-state index contributed by atoms with van der Waals surface area (Å²) >= 11 is 0. The van der Waals surface area contributed by atoms with Crippen LogP contribution in [0.25, 0.3) is 0 Å². The second kappa shape index (κ2) is 3.57. The van der Waals surface area contributed by atoms with Gasteiger partial charge in [-0.1, -0.05) is 24.3 Å². The molecule has 0 spiro atoms. The molecule has 2 saturated heterocycles. The maximum absolute atomic E-state index is 8.87. The van der Waals surface area contributed by atoms with Gasteiger partial charge in [0.05, 0.1) is 13.2 Å². The summed E-state index contributed by atoms with van der Waals surface area (Å²) in [6.07, 6.45) is -0.0130. The van der Waals surface area contributed by atoms with Crippen molar-refractivity contribution in [3.8, 4) is 0 Å². The number of aliphatic hydroxyl groups is 1. The van der Waals surface area contributed by atoms with Gasteiger partial charge in [0, 0.05) is 0 Å². The van der Waals surface area contributed by atoms with Crippen molar-refractivity contribution in [3.63, 3.8) is 0 Å². The fraction of sp³-hybridized carbons (Fsp3) is 0.455. The van der Waals surface area contributed by atoms with Crippen LogP contribution in [-0.4, -0.2) is 23.8 Å². The van der Waals surface area contributed by atoms with Crippen LogP contribution >= 0.6 is 0 Å². The van der Waals surface area contributed by atoms with Crippen molar-refractivity contribution >= 4 is 0 Å². The minimum absolute atomic E-state index is 0.00626. The summed E-state index contributed by atoms with van der Waals surface area (Å²) in [5.41, 5.74) is 1.98. The highest BCUT2D eigenvalue weighted by Crippen LogP contribution is 2.40. The normalized spacial score (nSPS) is 31.9. The minimum Gasteiger partial charge on any atom is -0.392 e. The quantitative estimate of drug-likeness (QED) is 0.743. The molecule has 0 bridgehead atoms. The van der Waals surface area contributed by atoms with E-state index in [2.05, 4.69) is 0 Å². The Morgan fingerprint density at radius 3 is 2.40 bits per heavy atom. The summed E-state index contributed by atoms with van der Waals surface area (Å²) in [7, 11) is 0. The third-order valence-electron chi connectivity index (χ3n) is 2.64. The Bertz CT molecular complexity index is 348. The number of aliphatic hydroxyl groups excluding tert-OH is 1. The molecule has 1 N–H and O–H groups in total. The van der Waals surface area contributed by atoms with Gasteiger partial charge in [-0.2, -0.15) is 0 Å². The van der Waals surface area contributed by atoms with Crippen LogP contribution in [0.5, 0.6) is 0 Å². The summed E-state index contributed by atoms with van der Waals surface area (Å²) in [5, 5.41) is 8.87. The van der Waals surface area contributed by atoms with Gasteiger partial charge in [-0.15, -0.1) is 0 Å². The molecule has 0 aromatic heterocycles. The second-order valence-corrected chi connectivity index (χ2v) is 3.76. The number of rotatable bonds is 4. The predicted octanol–water partition coefficient (Wildman–Crippen LogP) is 0.777. The first-order valence-corrected chi connectivity index (χ1v) is 4.98. The number of hydrogen-bond donors (Lipinski definition) is 1. The number of epoxide rings is 1. The van der Waals surface area contributed by atoms with Crippen LogP contribution in [0.4, 0.5) is 0 Å². The maximum atomic E-state index is 8.87. The highest BCUT2D eigenvalue weighted by Gasteiger charge is 2.59. The van der Waals surface area contributed by atoms with Crippen LogP contribution in [0, 0.1) is 0 Å². The highest BCUT2D eigenvalue weighted by molar-refractivity contribution is 5.21. The van der Waals surface area contributed by atoms with Crippen molar-refractivity contribution < 1.29 is 19.3 Å². The summed E-state index contributed by atoms with van der Waals surface area (Å²) in [5.74, 6) is 0. The van der Waals surface area contributed by atoms with Crippen molar-refractivity contribution in [2.45, 2.75) is 31.9 Å². The van der Waals surface area contributed by atoms with Gasteiger partial charge >= 0.3 is 0 Å². The van der Waals surface area contributed by atoms with Crippen molar-refractivity contribution in [3.05, 3.63) is 35.4 Å². The fourth-order valence-corrected chi connectivity index (χ4v) is 1.58. The summed E-state index contributed by atoms with van der Waals surface area (Å²) < 4.78 is 15.8. The highest BCUT2D eigenvalue weighted by atomic mass is 16.9. The lowest BCUT2D eigenvalue weighted by atomic mass is 10.1. The molecule has 15 heavy (non-hydrogen) atoms. The summed E-state index contributed by atoms with van der Waals surface area (Å²) in [4.78, 5) is 0. The number of benzene rings is 1. The van der Waals surface area contributed by atoms with E-state index in [4.69, 9.17) is 19.3 Å². The Morgan fingerprint density at radius 2 is 1.87 bits per heavy atom. The van der Waals surface area contributed by atoms with Crippen LogP contribution in [0.15, 0.2) is 24.3 Å². The molecular formula is C11H12O4. The molecule has 1 aromatic rings. The van der Waals surface area contributed by atoms with Crippen LogP contribution in [-0.2, 0) is 27.4 Å². The molecule has 2 heterocycles. The zero-order valence-electron chi connectivity index (χ0n) is 8.13. The lowest BCUT2D eigenvalue weighted by Crippen LogP contribution is -2.35. The second-order valence-electron chi connectivity index (χ2n) is 3.76. The van der Waals surface area contributed by atoms with Gasteiger partial charge in [-0.25, -0.2) is 0 Å². The van der Waals surface area contributed by atoms with Gasteiger partial charge in [0.1, 0.15) is 0 Å². The van der Waals surface area contributed by atoms with Gasteiger partial charge in [-0.05, 0) is 11.1 Å². The average molecular weight is 208 g/mol. The van der Waals surface area contributed by atoms with E-state index in [9.17, 15) is 0 Å². The topological polar surface area (TPSA) is 51.2 Å². The minimum atomic E-state index is -0.187. The number of hydrogen-bond acceptors (Lipinski definition) is 4. The largest absolute Gasteiger partial charge is 0.392 e. The Balaban J connectivity index is 1.52. The Labute approximate surface area is 87.4 Å². The molecule has 0 aliphatic carbocycles. The molecule has 1 aromatic carbocycles. The lowest BCUT2D eigenvalue weighted by molar-refractivity contribution is -0.207. The maximum Gasteiger partial charge on any atom is 0.192 e. The zero-order valence-corrected chi connectivity index (χ0v) is 8.13. The first kappa shape index (κ1) is 9.30. The smallest absolute Gasteiger partial charge is 0.192 e. The SMILES string of the molecule is OCc1ccc(COC2OC3OC23)cc1. The van der Waals surface area contributed by atoms with E-state index in [-0.39, 0.29) is 25.3 Å². The zero-order chi connectivity index (χ0) is 10.3. The van der Waals surface area contributed by atoms with E-state index in [0.717, 1.165) is 11.1 Å². The molecule has 3 atom stereocenters. The van der Waals surface area contributed by atoms with Crippen molar-refractivity contribution in [1.82, 2.24) is 0 Å².